The molecule has 1 aliphatic rings. The summed E-state index contributed by atoms with van der Waals surface area (Å²) < 4.78 is 0. The number of nitrogens with one attached hydrogen (secondary N) is 2. The highest BCUT2D eigenvalue weighted by Gasteiger charge is 2.30. The van der Waals surface area contributed by atoms with Crippen LogP contribution in [0.4, 0.5) is 11.4 Å². The second kappa shape index (κ2) is 13.7. The highest BCUT2D eigenvalue weighted by atomic mass is 16.2. The zero-order valence-electron chi connectivity index (χ0n) is 23.0. The molecule has 3 rings (SSSR count). The van der Waals surface area contributed by atoms with Gasteiger partial charge in [-0.05, 0) is 73.9 Å². The molecule has 0 spiro atoms. The maximum atomic E-state index is 12.9. The van der Waals surface area contributed by atoms with Gasteiger partial charge in [-0.2, -0.15) is 0 Å². The van der Waals surface area contributed by atoms with Crippen molar-refractivity contribution >= 4 is 35.0 Å². The van der Waals surface area contributed by atoms with Gasteiger partial charge >= 0.3 is 0 Å². The summed E-state index contributed by atoms with van der Waals surface area (Å²) in [4.78, 5) is 52.7. The number of amides is 4. The first kappa shape index (κ1) is 28.9. The van der Waals surface area contributed by atoms with Crippen LogP contribution >= 0.6 is 0 Å². The number of carbonyl (C=O) groups excluding carboxylic acids is 4. The molecule has 4 amide bonds. The van der Waals surface area contributed by atoms with Gasteiger partial charge in [-0.15, -0.1) is 0 Å². The van der Waals surface area contributed by atoms with Gasteiger partial charge in [0.25, 0.3) is 0 Å². The molecule has 0 radical (unpaired) electrons. The molecular weight excluding hydrogens is 480 g/mol. The molecule has 2 aromatic rings. The van der Waals surface area contributed by atoms with Crippen LogP contribution in [0.2, 0.25) is 0 Å². The van der Waals surface area contributed by atoms with Crippen molar-refractivity contribution in [1.82, 2.24) is 9.80 Å². The van der Waals surface area contributed by atoms with Gasteiger partial charge in [0, 0.05) is 64.2 Å². The molecule has 0 atom stereocenters. The summed E-state index contributed by atoms with van der Waals surface area (Å²) in [6.45, 7) is 0. The maximum Gasteiger partial charge on any atom is 0.227 e. The lowest BCUT2D eigenvalue weighted by molar-refractivity contribution is -0.129. The molecule has 8 heteroatoms. The van der Waals surface area contributed by atoms with Gasteiger partial charge in [-0.1, -0.05) is 24.3 Å². The summed E-state index contributed by atoms with van der Waals surface area (Å²) in [5.41, 5.74) is 3.48. The SMILES string of the molecule is CN(C)C(=O)CCc1cccc(NC(=O)C2CCC(C(=O)Nc3cccc(CCC(=O)N(C)C)c3)CC2)c1. The Morgan fingerprint density at radius 2 is 1.03 bits per heavy atom. The molecule has 38 heavy (non-hydrogen) atoms. The summed E-state index contributed by atoms with van der Waals surface area (Å²) in [6, 6.07) is 15.3. The minimum atomic E-state index is -0.129. The highest BCUT2D eigenvalue weighted by Crippen LogP contribution is 2.31. The average Bonchev–Trinajstić information content (AvgIpc) is 2.90. The van der Waals surface area contributed by atoms with Crippen LogP contribution in [0.3, 0.4) is 0 Å². The first-order valence-corrected chi connectivity index (χ1v) is 13.3. The molecule has 1 aliphatic carbocycles. The van der Waals surface area contributed by atoms with E-state index in [4.69, 9.17) is 0 Å². The average molecular weight is 521 g/mol. The van der Waals surface area contributed by atoms with E-state index in [1.165, 1.54) is 0 Å². The van der Waals surface area contributed by atoms with Crippen molar-refractivity contribution in [2.24, 2.45) is 11.8 Å². The topological polar surface area (TPSA) is 98.8 Å². The Hall–Kier alpha value is -3.68. The van der Waals surface area contributed by atoms with Crippen LogP contribution in [-0.2, 0) is 32.0 Å². The van der Waals surface area contributed by atoms with Crippen molar-refractivity contribution in [3.05, 3.63) is 59.7 Å². The predicted octanol–water partition coefficient (Wildman–Crippen LogP) is 4.11. The summed E-state index contributed by atoms with van der Waals surface area (Å²) in [5.74, 6) is -0.157. The predicted molar refractivity (Wildman–Crippen MR) is 150 cm³/mol. The van der Waals surface area contributed by atoms with Crippen LogP contribution in [0.15, 0.2) is 48.5 Å². The molecule has 204 valence electrons. The number of aryl methyl sites for hydroxylation is 2. The molecule has 8 nitrogen and oxygen atoms in total. The van der Waals surface area contributed by atoms with E-state index in [-0.39, 0.29) is 35.5 Å². The van der Waals surface area contributed by atoms with Crippen molar-refractivity contribution in [1.29, 1.82) is 0 Å². The van der Waals surface area contributed by atoms with Gasteiger partial charge < -0.3 is 20.4 Å². The Balaban J connectivity index is 1.46. The van der Waals surface area contributed by atoms with E-state index in [2.05, 4.69) is 10.6 Å². The van der Waals surface area contributed by atoms with Crippen LogP contribution in [0.25, 0.3) is 0 Å². The van der Waals surface area contributed by atoms with Gasteiger partial charge in [0.05, 0.1) is 0 Å². The summed E-state index contributed by atoms with van der Waals surface area (Å²) in [5, 5.41) is 6.03. The van der Waals surface area contributed by atoms with E-state index in [9.17, 15) is 19.2 Å². The molecule has 0 heterocycles. The van der Waals surface area contributed by atoms with E-state index in [0.717, 1.165) is 22.5 Å². The number of benzene rings is 2. The molecule has 0 aromatic heterocycles. The van der Waals surface area contributed by atoms with Crippen molar-refractivity contribution in [3.8, 4) is 0 Å². The number of anilines is 2. The first-order valence-electron chi connectivity index (χ1n) is 13.3. The zero-order valence-corrected chi connectivity index (χ0v) is 23.0. The van der Waals surface area contributed by atoms with E-state index in [0.29, 0.717) is 51.4 Å². The monoisotopic (exact) mass is 520 g/mol. The number of nitrogens with zero attached hydrogens (tertiary/aromatic N) is 2. The van der Waals surface area contributed by atoms with Crippen LogP contribution in [-0.4, -0.2) is 61.6 Å². The van der Waals surface area contributed by atoms with Gasteiger partial charge in [-0.3, -0.25) is 19.2 Å². The Labute approximate surface area is 225 Å². The van der Waals surface area contributed by atoms with Gasteiger partial charge in [-0.25, -0.2) is 0 Å². The fourth-order valence-corrected chi connectivity index (χ4v) is 4.67. The van der Waals surface area contributed by atoms with Crippen molar-refractivity contribution in [3.63, 3.8) is 0 Å². The third-order valence-electron chi connectivity index (χ3n) is 7.11. The lowest BCUT2D eigenvalue weighted by Crippen LogP contribution is -2.32. The molecule has 0 aliphatic heterocycles. The van der Waals surface area contributed by atoms with Crippen molar-refractivity contribution in [2.45, 2.75) is 51.4 Å². The number of hydrogen-bond donors (Lipinski definition) is 2. The number of hydrogen-bond acceptors (Lipinski definition) is 4. The van der Waals surface area contributed by atoms with Crippen molar-refractivity contribution < 1.29 is 19.2 Å². The number of carbonyl (C=O) groups is 4. The Morgan fingerprint density at radius 1 is 0.658 bits per heavy atom. The summed E-state index contributed by atoms with van der Waals surface area (Å²) >= 11 is 0. The number of rotatable bonds is 10. The molecule has 0 saturated heterocycles. The second-order valence-electron chi connectivity index (χ2n) is 10.5. The first-order chi connectivity index (χ1) is 18.1. The second-order valence-corrected chi connectivity index (χ2v) is 10.5. The Morgan fingerprint density at radius 3 is 1.37 bits per heavy atom. The van der Waals surface area contributed by atoms with Crippen LogP contribution < -0.4 is 10.6 Å². The normalized spacial score (nSPS) is 16.8. The zero-order chi connectivity index (χ0) is 27.7. The van der Waals surface area contributed by atoms with Gasteiger partial charge in [0.15, 0.2) is 0 Å². The smallest absolute Gasteiger partial charge is 0.227 e. The summed E-state index contributed by atoms with van der Waals surface area (Å²) in [6.07, 6.45) is 4.74. The van der Waals surface area contributed by atoms with E-state index < -0.39 is 0 Å². The Bertz CT molecular complexity index is 1050. The molecule has 2 N–H and O–H groups in total. The standard InChI is InChI=1S/C30H40N4O4/c1-33(2)27(35)17-11-21-7-5-9-25(19-21)31-29(37)23-13-15-24(16-14-23)30(38)32-26-10-6-8-22(20-26)12-18-28(36)34(3)4/h5-10,19-20,23-24H,11-18H2,1-4H3,(H,31,37)(H,32,38). The van der Waals surface area contributed by atoms with Crippen LogP contribution in [0.5, 0.6) is 0 Å². The van der Waals surface area contributed by atoms with E-state index in [1.54, 1.807) is 38.0 Å². The maximum absolute atomic E-state index is 12.9. The van der Waals surface area contributed by atoms with E-state index >= 15 is 0 Å². The van der Waals surface area contributed by atoms with Gasteiger partial charge in [0.1, 0.15) is 0 Å². The van der Waals surface area contributed by atoms with Crippen molar-refractivity contribution in [2.75, 3.05) is 38.8 Å². The molecular formula is C30H40N4O4. The fraction of sp³-hybridized carbons (Fsp3) is 0.467. The summed E-state index contributed by atoms with van der Waals surface area (Å²) in [7, 11) is 6.97. The largest absolute Gasteiger partial charge is 0.349 e. The third kappa shape index (κ3) is 8.71. The molecule has 1 fully saturated rings. The fourth-order valence-electron chi connectivity index (χ4n) is 4.67. The van der Waals surface area contributed by atoms with Crippen LogP contribution in [0.1, 0.15) is 49.7 Å². The third-order valence-corrected chi connectivity index (χ3v) is 7.11. The minimum absolute atomic E-state index is 0.0228. The minimum Gasteiger partial charge on any atom is -0.349 e. The van der Waals surface area contributed by atoms with Gasteiger partial charge in [0.2, 0.25) is 23.6 Å². The lowest BCUT2D eigenvalue weighted by atomic mass is 9.81. The molecule has 1 saturated carbocycles. The molecule has 0 bridgehead atoms. The van der Waals surface area contributed by atoms with Crippen LogP contribution in [0, 0.1) is 11.8 Å². The van der Waals surface area contributed by atoms with E-state index in [1.807, 2.05) is 48.5 Å². The quantitative estimate of drug-likeness (QED) is 0.493. The lowest BCUT2D eigenvalue weighted by Gasteiger charge is -2.27. The highest BCUT2D eigenvalue weighted by molar-refractivity contribution is 5.94. The molecule has 0 unspecified atom stereocenters. The molecule has 2 aromatic carbocycles. The Kier molecular flexibility index (Phi) is 10.4.